The number of fused-ring (bicyclic) bond motifs is 1. The van der Waals surface area contributed by atoms with E-state index < -0.39 is 0 Å². The van der Waals surface area contributed by atoms with Crippen molar-refractivity contribution < 1.29 is 14.3 Å². The summed E-state index contributed by atoms with van der Waals surface area (Å²) in [5, 5.41) is 3.41. The molecular formula is C32H41N3O3. The number of piperidine rings is 1. The Morgan fingerprint density at radius 2 is 1.95 bits per heavy atom. The Balaban J connectivity index is 0.00000195. The van der Waals surface area contributed by atoms with Gasteiger partial charge in [0.05, 0.1) is 12.2 Å². The number of amides is 1. The van der Waals surface area contributed by atoms with Gasteiger partial charge in [0.2, 0.25) is 0 Å². The van der Waals surface area contributed by atoms with Crippen LogP contribution in [-0.4, -0.2) is 41.0 Å². The van der Waals surface area contributed by atoms with Crippen molar-refractivity contribution in [2.45, 2.75) is 60.4 Å². The number of ether oxygens (including phenoxy) is 1. The molecule has 2 aliphatic rings. The fourth-order valence-corrected chi connectivity index (χ4v) is 5.28. The molecule has 1 aromatic heterocycles. The van der Waals surface area contributed by atoms with E-state index in [1.54, 1.807) is 17.9 Å². The number of carbonyl (C=O) groups excluding carboxylic acids is 2. The Morgan fingerprint density at radius 3 is 2.61 bits per heavy atom. The number of aromatic nitrogens is 1. The van der Waals surface area contributed by atoms with Crippen LogP contribution in [0.3, 0.4) is 0 Å². The van der Waals surface area contributed by atoms with Crippen LogP contribution in [0.5, 0.6) is 0 Å². The zero-order chi connectivity index (χ0) is 28.0. The molecule has 0 saturated carbocycles. The molecule has 1 atom stereocenters. The number of terminal acetylenes is 1. The highest BCUT2D eigenvalue weighted by molar-refractivity contribution is 6.03. The van der Waals surface area contributed by atoms with Crippen LogP contribution in [0.15, 0.2) is 42.1 Å². The maximum Gasteiger partial charge on any atom is 0.339 e. The van der Waals surface area contributed by atoms with E-state index in [1.165, 1.54) is 5.56 Å². The van der Waals surface area contributed by atoms with Crippen molar-refractivity contribution in [3.05, 3.63) is 70.1 Å². The van der Waals surface area contributed by atoms with E-state index in [4.69, 9.17) is 11.2 Å². The number of carbonyl (C=O) groups is 2. The first-order valence-corrected chi connectivity index (χ1v) is 13.7. The highest BCUT2D eigenvalue weighted by atomic mass is 16.5. The lowest BCUT2D eigenvalue weighted by atomic mass is 9.86. The summed E-state index contributed by atoms with van der Waals surface area (Å²) in [6.07, 6.45) is 9.93. The van der Waals surface area contributed by atoms with Crippen molar-refractivity contribution in [3.8, 4) is 23.6 Å². The van der Waals surface area contributed by atoms with Crippen LogP contribution in [0.4, 0.5) is 0 Å². The first-order valence-electron chi connectivity index (χ1n) is 13.7. The van der Waals surface area contributed by atoms with Crippen LogP contribution in [-0.2, 0) is 24.8 Å². The van der Waals surface area contributed by atoms with Crippen molar-refractivity contribution in [3.63, 3.8) is 0 Å². The molecule has 1 amide bonds. The average Bonchev–Trinajstić information content (AvgIpc) is 3.23. The summed E-state index contributed by atoms with van der Waals surface area (Å²) in [6.45, 7) is 16.4. The average molecular weight is 516 g/mol. The van der Waals surface area contributed by atoms with Crippen LogP contribution >= 0.6 is 0 Å². The molecule has 38 heavy (non-hydrogen) atoms. The molecule has 1 aromatic carbocycles. The Hall–Kier alpha value is -3.56. The number of rotatable bonds is 5. The number of benzene rings is 1. The van der Waals surface area contributed by atoms with Crippen LogP contribution in [0.1, 0.15) is 78.1 Å². The van der Waals surface area contributed by atoms with Crippen molar-refractivity contribution in [2.75, 3.05) is 19.7 Å². The normalized spacial score (nSPS) is 17.8. The Kier molecular flexibility index (Phi) is 9.77. The van der Waals surface area contributed by atoms with E-state index in [2.05, 4.69) is 30.8 Å². The first-order chi connectivity index (χ1) is 18.3. The molecule has 4 rings (SSSR count). The van der Waals surface area contributed by atoms with Gasteiger partial charge in [-0.3, -0.25) is 4.79 Å². The van der Waals surface area contributed by atoms with Gasteiger partial charge in [-0.25, -0.2) is 4.79 Å². The smallest absolute Gasteiger partial charge is 0.339 e. The molecule has 1 unspecified atom stereocenters. The topological polar surface area (TPSA) is 63.6 Å². The van der Waals surface area contributed by atoms with E-state index >= 15 is 0 Å². The minimum atomic E-state index is -0.356. The van der Waals surface area contributed by atoms with Gasteiger partial charge < -0.3 is 19.5 Å². The van der Waals surface area contributed by atoms with E-state index in [0.29, 0.717) is 36.6 Å². The maximum absolute atomic E-state index is 14.1. The molecule has 6 heteroatoms. The predicted octanol–water partition coefficient (Wildman–Crippen LogP) is 5.79. The van der Waals surface area contributed by atoms with Crippen molar-refractivity contribution in [2.24, 2.45) is 13.0 Å². The molecule has 2 aliphatic heterocycles. The molecule has 0 radical (unpaired) electrons. The minimum absolute atomic E-state index is 0.0996. The fourth-order valence-electron chi connectivity index (χ4n) is 5.28. The lowest BCUT2D eigenvalue weighted by Gasteiger charge is -2.36. The summed E-state index contributed by atoms with van der Waals surface area (Å²) in [4.78, 5) is 28.5. The second-order valence-corrected chi connectivity index (χ2v) is 9.55. The van der Waals surface area contributed by atoms with Crippen molar-refractivity contribution in [1.29, 1.82) is 0 Å². The molecule has 0 spiro atoms. The molecule has 2 aromatic rings. The number of allylic oxidation sites excluding steroid dienone is 2. The van der Waals surface area contributed by atoms with Gasteiger partial charge in [0.1, 0.15) is 0 Å². The maximum atomic E-state index is 14.1. The third kappa shape index (κ3) is 5.63. The van der Waals surface area contributed by atoms with Crippen LogP contribution in [0.2, 0.25) is 0 Å². The standard InChI is InChI=1S/C30H35N3O3.C2H6/c1-7-10-23-18-33(19(4)13-21(23)8-2)29(34)27-15-24-17-31-12-11-22(24)14-26(27)28-16-25(20(5)32(28)6)30(35)36-9-3;1-2/h1,10,14-16,21,31H,4,8-9,11-13,17-18H2,2-3,5-6H3;1-2H3/b23-10-;. The van der Waals surface area contributed by atoms with E-state index in [-0.39, 0.29) is 11.9 Å². The molecule has 0 bridgehead atoms. The van der Waals surface area contributed by atoms with Crippen LogP contribution in [0, 0.1) is 25.2 Å². The van der Waals surface area contributed by atoms with E-state index in [1.807, 2.05) is 44.5 Å². The van der Waals surface area contributed by atoms with E-state index in [0.717, 1.165) is 59.7 Å². The molecule has 0 aliphatic carbocycles. The lowest BCUT2D eigenvalue weighted by molar-refractivity contribution is 0.0525. The number of esters is 1. The Labute approximate surface area is 227 Å². The van der Waals surface area contributed by atoms with Crippen LogP contribution in [0.25, 0.3) is 11.3 Å². The third-order valence-electron chi connectivity index (χ3n) is 7.50. The Morgan fingerprint density at radius 1 is 1.21 bits per heavy atom. The zero-order valence-electron chi connectivity index (χ0n) is 23.7. The molecule has 6 nitrogen and oxygen atoms in total. The van der Waals surface area contributed by atoms with Gasteiger partial charge >= 0.3 is 5.97 Å². The molecular weight excluding hydrogens is 474 g/mol. The summed E-state index contributed by atoms with van der Waals surface area (Å²) >= 11 is 0. The van der Waals surface area contributed by atoms with Gasteiger partial charge in [-0.05, 0) is 86.5 Å². The summed E-state index contributed by atoms with van der Waals surface area (Å²) in [7, 11) is 1.92. The monoisotopic (exact) mass is 515 g/mol. The summed E-state index contributed by atoms with van der Waals surface area (Å²) in [6, 6.07) is 5.97. The summed E-state index contributed by atoms with van der Waals surface area (Å²) in [5.74, 6) is 2.49. The number of hydrogen-bond acceptors (Lipinski definition) is 4. The number of likely N-dealkylation sites (tertiary alicyclic amines) is 1. The zero-order valence-corrected chi connectivity index (χ0v) is 23.7. The van der Waals surface area contributed by atoms with Gasteiger partial charge in [0, 0.05) is 48.3 Å². The SMILES string of the molecule is C#C/C=C1/CN(C(=O)c2cc3c(cc2-c2cc(C(=O)OCC)c(C)n2C)CCNC3)C(=C)CC1CC.CC. The second kappa shape index (κ2) is 12.8. The van der Waals surface area contributed by atoms with Crippen LogP contribution < -0.4 is 5.32 Å². The molecule has 1 fully saturated rings. The fraction of sp³-hybridized carbons (Fsp3) is 0.438. The highest BCUT2D eigenvalue weighted by Crippen LogP contribution is 2.36. The third-order valence-corrected chi connectivity index (χ3v) is 7.50. The summed E-state index contributed by atoms with van der Waals surface area (Å²) in [5.41, 5.74) is 7.77. The predicted molar refractivity (Wildman–Crippen MR) is 154 cm³/mol. The lowest BCUT2D eigenvalue weighted by Crippen LogP contribution is -2.38. The Bertz CT molecular complexity index is 1290. The number of nitrogens with zero attached hydrogens (tertiary/aromatic N) is 2. The van der Waals surface area contributed by atoms with Gasteiger partial charge in [-0.15, -0.1) is 6.42 Å². The van der Waals surface area contributed by atoms with Gasteiger partial charge in [-0.2, -0.15) is 0 Å². The number of hydrogen-bond donors (Lipinski definition) is 1. The molecule has 1 saturated heterocycles. The highest BCUT2D eigenvalue weighted by Gasteiger charge is 2.32. The summed E-state index contributed by atoms with van der Waals surface area (Å²) < 4.78 is 7.24. The first kappa shape index (κ1) is 29.0. The van der Waals surface area contributed by atoms with Crippen molar-refractivity contribution >= 4 is 11.9 Å². The van der Waals surface area contributed by atoms with Gasteiger partial charge in [0.15, 0.2) is 0 Å². The second-order valence-electron chi connectivity index (χ2n) is 9.55. The van der Waals surface area contributed by atoms with Gasteiger partial charge in [-0.1, -0.05) is 33.3 Å². The largest absolute Gasteiger partial charge is 0.462 e. The van der Waals surface area contributed by atoms with E-state index in [9.17, 15) is 9.59 Å². The molecule has 202 valence electrons. The quantitative estimate of drug-likeness (QED) is 0.404. The van der Waals surface area contributed by atoms with Crippen molar-refractivity contribution in [1.82, 2.24) is 14.8 Å². The molecule has 3 heterocycles. The minimum Gasteiger partial charge on any atom is -0.462 e. The van der Waals surface area contributed by atoms with Gasteiger partial charge in [0.25, 0.3) is 5.91 Å². The number of nitrogens with one attached hydrogen (secondary N) is 1. The molecule has 1 N–H and O–H groups in total.